The highest BCUT2D eigenvalue weighted by Gasteiger charge is 2.36. The summed E-state index contributed by atoms with van der Waals surface area (Å²) in [4.78, 5) is 14.7. The van der Waals surface area contributed by atoms with Crippen molar-refractivity contribution >= 4 is 5.78 Å². The highest BCUT2D eigenvalue weighted by atomic mass is 16.5. The molecule has 3 nitrogen and oxygen atoms in total. The molecule has 1 saturated heterocycles. The van der Waals surface area contributed by atoms with Crippen molar-refractivity contribution in [1.29, 1.82) is 0 Å². The molecule has 1 saturated carbocycles. The molecule has 0 spiro atoms. The van der Waals surface area contributed by atoms with Crippen LogP contribution in [0.1, 0.15) is 51.9 Å². The fraction of sp³-hybridized carbons (Fsp3) is 0.933. The fourth-order valence-corrected chi connectivity index (χ4v) is 3.71. The Hall–Kier alpha value is -0.410. The quantitative estimate of drug-likeness (QED) is 0.771. The summed E-state index contributed by atoms with van der Waals surface area (Å²) in [5.74, 6) is 0.820. The van der Waals surface area contributed by atoms with Gasteiger partial charge in [0.2, 0.25) is 0 Å². The van der Waals surface area contributed by atoms with Crippen LogP contribution in [0.4, 0.5) is 0 Å². The van der Waals surface area contributed by atoms with Crippen LogP contribution in [-0.4, -0.2) is 43.0 Å². The van der Waals surface area contributed by atoms with Crippen molar-refractivity contribution in [1.82, 2.24) is 4.90 Å². The second-order valence-corrected chi connectivity index (χ2v) is 5.92. The molecule has 0 amide bonds. The van der Waals surface area contributed by atoms with Crippen LogP contribution in [0, 0.1) is 5.92 Å². The smallest absolute Gasteiger partial charge is 0.137 e. The van der Waals surface area contributed by atoms with Gasteiger partial charge in [-0.2, -0.15) is 0 Å². The first-order chi connectivity index (χ1) is 8.74. The van der Waals surface area contributed by atoms with Crippen molar-refractivity contribution in [2.45, 2.75) is 64.0 Å². The van der Waals surface area contributed by atoms with Gasteiger partial charge in [0.05, 0.1) is 6.61 Å². The summed E-state index contributed by atoms with van der Waals surface area (Å²) in [5.41, 5.74) is 0. The van der Waals surface area contributed by atoms with Crippen LogP contribution in [-0.2, 0) is 9.53 Å². The second kappa shape index (κ2) is 6.67. The summed E-state index contributed by atoms with van der Waals surface area (Å²) in [6, 6.07) is 0.923. The van der Waals surface area contributed by atoms with Gasteiger partial charge in [0, 0.05) is 31.5 Å². The number of rotatable bonds is 4. The lowest BCUT2D eigenvalue weighted by Crippen LogP contribution is -2.52. The van der Waals surface area contributed by atoms with Crippen LogP contribution in [0.3, 0.4) is 0 Å². The number of ether oxygens (including phenoxy) is 1. The maximum atomic E-state index is 12.2. The number of piperidine rings is 1. The molecule has 0 aromatic rings. The summed E-state index contributed by atoms with van der Waals surface area (Å²) < 4.78 is 5.29. The standard InChI is InChI=1S/C15H27NO2/c1-12(11-18-2)16-10-6-5-8-14(16)13-7-3-4-9-15(13)17/h12-14H,3-11H2,1-2H3. The van der Waals surface area contributed by atoms with Gasteiger partial charge in [0.25, 0.3) is 0 Å². The maximum Gasteiger partial charge on any atom is 0.137 e. The van der Waals surface area contributed by atoms with Gasteiger partial charge >= 0.3 is 0 Å². The zero-order valence-electron chi connectivity index (χ0n) is 11.9. The van der Waals surface area contributed by atoms with Gasteiger partial charge in [-0.3, -0.25) is 9.69 Å². The zero-order chi connectivity index (χ0) is 13.0. The van der Waals surface area contributed by atoms with Crippen molar-refractivity contribution in [3.8, 4) is 0 Å². The third-order valence-electron chi connectivity index (χ3n) is 4.63. The van der Waals surface area contributed by atoms with Crippen LogP contribution < -0.4 is 0 Å². The molecule has 18 heavy (non-hydrogen) atoms. The predicted octanol–water partition coefficient (Wildman–Crippen LogP) is 2.64. The van der Waals surface area contributed by atoms with Crippen molar-refractivity contribution in [3.63, 3.8) is 0 Å². The normalized spacial score (nSPS) is 32.4. The van der Waals surface area contributed by atoms with E-state index >= 15 is 0 Å². The SMILES string of the molecule is COCC(C)N1CCCCC1C1CCCCC1=O. The van der Waals surface area contributed by atoms with E-state index in [0.717, 1.165) is 32.4 Å². The third-order valence-corrected chi connectivity index (χ3v) is 4.63. The summed E-state index contributed by atoms with van der Waals surface area (Å²) in [5, 5.41) is 0. The van der Waals surface area contributed by atoms with Crippen molar-refractivity contribution < 1.29 is 9.53 Å². The number of hydrogen-bond donors (Lipinski definition) is 0. The van der Waals surface area contributed by atoms with Crippen LogP contribution in [0.2, 0.25) is 0 Å². The average molecular weight is 253 g/mol. The number of nitrogens with zero attached hydrogens (tertiary/aromatic N) is 1. The van der Waals surface area contributed by atoms with Gasteiger partial charge in [-0.05, 0) is 39.2 Å². The molecule has 3 unspecified atom stereocenters. The van der Waals surface area contributed by atoms with E-state index in [2.05, 4.69) is 11.8 Å². The van der Waals surface area contributed by atoms with Gasteiger partial charge in [0.15, 0.2) is 0 Å². The summed E-state index contributed by atoms with van der Waals surface area (Å²) >= 11 is 0. The van der Waals surface area contributed by atoms with Gasteiger partial charge in [-0.25, -0.2) is 0 Å². The van der Waals surface area contributed by atoms with Gasteiger partial charge in [0.1, 0.15) is 5.78 Å². The number of methoxy groups -OCH3 is 1. The Labute approximate surface area is 111 Å². The Morgan fingerprint density at radius 1 is 1.28 bits per heavy atom. The molecule has 0 aromatic carbocycles. The molecule has 1 heterocycles. The molecule has 3 atom stereocenters. The summed E-state index contributed by atoms with van der Waals surface area (Å²) in [6.45, 7) is 4.14. The van der Waals surface area contributed by atoms with Crippen molar-refractivity contribution in [2.24, 2.45) is 5.92 Å². The minimum atomic E-state index is 0.304. The Balaban J connectivity index is 2.04. The first-order valence-corrected chi connectivity index (χ1v) is 7.51. The molecule has 0 radical (unpaired) electrons. The Morgan fingerprint density at radius 3 is 2.78 bits per heavy atom. The monoisotopic (exact) mass is 253 g/mol. The van der Waals surface area contributed by atoms with Crippen LogP contribution >= 0.6 is 0 Å². The molecule has 1 aliphatic carbocycles. The number of carbonyl (C=O) groups is 1. The van der Waals surface area contributed by atoms with Gasteiger partial charge < -0.3 is 4.74 Å². The first kappa shape index (κ1) is 14.0. The van der Waals surface area contributed by atoms with E-state index in [4.69, 9.17) is 4.74 Å². The highest BCUT2D eigenvalue weighted by Crippen LogP contribution is 2.32. The van der Waals surface area contributed by atoms with E-state index in [1.54, 1.807) is 7.11 Å². The fourth-order valence-electron chi connectivity index (χ4n) is 3.71. The lowest BCUT2D eigenvalue weighted by atomic mass is 9.78. The third kappa shape index (κ3) is 3.12. The summed E-state index contributed by atoms with van der Waals surface area (Å²) in [7, 11) is 1.77. The van der Waals surface area contributed by atoms with Gasteiger partial charge in [-0.1, -0.05) is 12.8 Å². The van der Waals surface area contributed by atoms with E-state index in [1.165, 1.54) is 25.7 Å². The molecular weight excluding hydrogens is 226 g/mol. The largest absolute Gasteiger partial charge is 0.383 e. The molecule has 0 N–H and O–H groups in total. The predicted molar refractivity (Wildman–Crippen MR) is 72.6 cm³/mol. The van der Waals surface area contributed by atoms with E-state index < -0.39 is 0 Å². The number of carbonyl (C=O) groups excluding carboxylic acids is 1. The zero-order valence-corrected chi connectivity index (χ0v) is 11.9. The molecule has 2 aliphatic rings. The molecule has 0 aromatic heterocycles. The topological polar surface area (TPSA) is 29.5 Å². The van der Waals surface area contributed by atoms with E-state index in [0.29, 0.717) is 23.8 Å². The van der Waals surface area contributed by atoms with Crippen molar-refractivity contribution in [2.75, 3.05) is 20.3 Å². The molecule has 1 aliphatic heterocycles. The van der Waals surface area contributed by atoms with E-state index in [1.807, 2.05) is 0 Å². The second-order valence-electron chi connectivity index (χ2n) is 5.92. The molecule has 2 rings (SSSR count). The molecule has 3 heteroatoms. The van der Waals surface area contributed by atoms with Gasteiger partial charge in [-0.15, -0.1) is 0 Å². The van der Waals surface area contributed by atoms with E-state index in [-0.39, 0.29) is 0 Å². The maximum absolute atomic E-state index is 12.2. The van der Waals surface area contributed by atoms with Crippen LogP contribution in [0.5, 0.6) is 0 Å². The Kier molecular flexibility index (Phi) is 5.19. The highest BCUT2D eigenvalue weighted by molar-refractivity contribution is 5.82. The number of hydrogen-bond acceptors (Lipinski definition) is 3. The number of Topliss-reactive ketones (excluding diaryl/α,β-unsaturated/α-hetero) is 1. The Morgan fingerprint density at radius 2 is 2.06 bits per heavy atom. The lowest BCUT2D eigenvalue weighted by molar-refractivity contribution is -0.128. The van der Waals surface area contributed by atoms with Crippen LogP contribution in [0.25, 0.3) is 0 Å². The lowest BCUT2D eigenvalue weighted by Gasteiger charge is -2.44. The molecule has 2 fully saturated rings. The van der Waals surface area contributed by atoms with Crippen molar-refractivity contribution in [3.05, 3.63) is 0 Å². The average Bonchev–Trinajstić information content (AvgIpc) is 2.40. The Bertz CT molecular complexity index is 280. The molecule has 104 valence electrons. The van der Waals surface area contributed by atoms with E-state index in [9.17, 15) is 4.79 Å². The first-order valence-electron chi connectivity index (χ1n) is 7.51. The molecular formula is C15H27NO2. The minimum Gasteiger partial charge on any atom is -0.383 e. The van der Waals surface area contributed by atoms with Crippen LogP contribution in [0.15, 0.2) is 0 Å². The number of likely N-dealkylation sites (tertiary alicyclic amines) is 1. The summed E-state index contributed by atoms with van der Waals surface area (Å²) in [6.07, 6.45) is 8.02. The minimum absolute atomic E-state index is 0.304. The number of ketones is 1. The molecule has 0 bridgehead atoms.